The van der Waals surface area contributed by atoms with E-state index < -0.39 is 0 Å². The summed E-state index contributed by atoms with van der Waals surface area (Å²) in [6.07, 6.45) is 0. The van der Waals surface area contributed by atoms with Gasteiger partial charge in [0.2, 0.25) is 0 Å². The van der Waals surface area contributed by atoms with E-state index in [0.717, 1.165) is 6.54 Å². The molecule has 0 saturated carbocycles. The fraction of sp³-hybridized carbons (Fsp3) is 1.00. The summed E-state index contributed by atoms with van der Waals surface area (Å²) < 4.78 is 0. The maximum absolute atomic E-state index is 6.00. The Hall–Kier alpha value is 0.210. The lowest BCUT2D eigenvalue weighted by Crippen LogP contribution is -2.41. The molecule has 74 valence electrons. The SMILES string of the molecule is CC.CC(C)N1NCC(Cl)C1C. The second-order valence-corrected chi connectivity index (χ2v) is 3.68. The monoisotopic (exact) mass is 192 g/mol. The molecule has 0 aliphatic carbocycles. The first-order valence-electron chi connectivity index (χ1n) is 4.79. The number of nitrogens with one attached hydrogen (secondary N) is 1. The van der Waals surface area contributed by atoms with Crippen LogP contribution in [0.1, 0.15) is 34.6 Å². The van der Waals surface area contributed by atoms with Crippen LogP contribution in [0.15, 0.2) is 0 Å². The molecule has 1 aliphatic rings. The molecular formula is C9H21ClN2. The molecule has 1 aliphatic heterocycles. The van der Waals surface area contributed by atoms with Crippen LogP contribution in [0.3, 0.4) is 0 Å². The molecule has 2 nitrogen and oxygen atoms in total. The average molecular weight is 193 g/mol. The highest BCUT2D eigenvalue weighted by atomic mass is 35.5. The predicted molar refractivity (Wildman–Crippen MR) is 55.4 cm³/mol. The Labute approximate surface area is 81.2 Å². The van der Waals surface area contributed by atoms with Crippen molar-refractivity contribution in [3.05, 3.63) is 0 Å². The number of nitrogens with zero attached hydrogens (tertiary/aromatic N) is 1. The van der Waals surface area contributed by atoms with Crippen LogP contribution >= 0.6 is 11.6 Å². The van der Waals surface area contributed by atoms with Crippen molar-refractivity contribution >= 4 is 11.6 Å². The van der Waals surface area contributed by atoms with Crippen LogP contribution in [0.5, 0.6) is 0 Å². The number of alkyl halides is 1. The van der Waals surface area contributed by atoms with Gasteiger partial charge in [0.25, 0.3) is 0 Å². The van der Waals surface area contributed by atoms with E-state index in [9.17, 15) is 0 Å². The van der Waals surface area contributed by atoms with Gasteiger partial charge in [0, 0.05) is 18.6 Å². The summed E-state index contributed by atoms with van der Waals surface area (Å²) in [5, 5.41) is 2.47. The maximum atomic E-state index is 6.00. The third-order valence-corrected chi connectivity index (χ3v) is 2.51. The Morgan fingerprint density at radius 3 is 2.08 bits per heavy atom. The smallest absolute Gasteiger partial charge is 0.0641 e. The van der Waals surface area contributed by atoms with Gasteiger partial charge in [-0.3, -0.25) is 5.43 Å². The fourth-order valence-corrected chi connectivity index (χ4v) is 1.52. The molecule has 0 radical (unpaired) electrons. The number of hydrogen-bond acceptors (Lipinski definition) is 2. The zero-order valence-corrected chi connectivity index (χ0v) is 9.52. The van der Waals surface area contributed by atoms with Crippen molar-refractivity contribution in [1.29, 1.82) is 0 Å². The summed E-state index contributed by atoms with van der Waals surface area (Å²) in [5.41, 5.74) is 3.26. The van der Waals surface area contributed by atoms with Crippen molar-refractivity contribution in [2.45, 2.75) is 52.1 Å². The first-order valence-corrected chi connectivity index (χ1v) is 5.22. The minimum Gasteiger partial charge on any atom is -0.253 e. The van der Waals surface area contributed by atoms with Crippen LogP contribution in [0.2, 0.25) is 0 Å². The fourth-order valence-electron chi connectivity index (χ4n) is 1.33. The topological polar surface area (TPSA) is 15.3 Å². The van der Waals surface area contributed by atoms with Gasteiger partial charge in [-0.25, -0.2) is 5.01 Å². The molecule has 2 unspecified atom stereocenters. The molecular weight excluding hydrogens is 172 g/mol. The van der Waals surface area contributed by atoms with Crippen molar-refractivity contribution in [3.8, 4) is 0 Å². The summed E-state index contributed by atoms with van der Waals surface area (Å²) >= 11 is 6.00. The van der Waals surface area contributed by atoms with E-state index >= 15 is 0 Å². The summed E-state index contributed by atoms with van der Waals surface area (Å²) in [5.74, 6) is 0. The highest BCUT2D eigenvalue weighted by Crippen LogP contribution is 2.16. The highest BCUT2D eigenvalue weighted by molar-refractivity contribution is 6.21. The lowest BCUT2D eigenvalue weighted by molar-refractivity contribution is 0.152. The molecule has 2 atom stereocenters. The largest absolute Gasteiger partial charge is 0.253 e. The summed E-state index contributed by atoms with van der Waals surface area (Å²) in [6, 6.07) is 1.00. The molecule has 0 aromatic carbocycles. The molecule has 0 spiro atoms. The molecule has 1 saturated heterocycles. The first kappa shape index (κ1) is 12.2. The molecule has 12 heavy (non-hydrogen) atoms. The first-order chi connectivity index (χ1) is 5.63. The standard InChI is InChI=1S/C7H15ClN2.C2H6/c1-5(2)10-6(3)7(8)4-9-10;1-2/h5-7,9H,4H2,1-3H3;1-2H3. The van der Waals surface area contributed by atoms with Crippen LogP contribution < -0.4 is 5.43 Å². The Balaban J connectivity index is 0.000000561. The summed E-state index contributed by atoms with van der Waals surface area (Å²) in [4.78, 5) is 0. The quantitative estimate of drug-likeness (QED) is 0.642. The molecule has 0 aromatic heterocycles. The van der Waals surface area contributed by atoms with Crippen LogP contribution in [0.4, 0.5) is 0 Å². The lowest BCUT2D eigenvalue weighted by atomic mass is 10.2. The Morgan fingerprint density at radius 1 is 1.42 bits per heavy atom. The van der Waals surface area contributed by atoms with Gasteiger partial charge in [-0.1, -0.05) is 13.8 Å². The van der Waals surface area contributed by atoms with Crippen molar-refractivity contribution in [1.82, 2.24) is 10.4 Å². The van der Waals surface area contributed by atoms with E-state index in [4.69, 9.17) is 11.6 Å². The molecule has 0 aromatic rings. The third-order valence-electron chi connectivity index (χ3n) is 1.99. The molecule has 0 bridgehead atoms. The van der Waals surface area contributed by atoms with E-state index in [1.54, 1.807) is 0 Å². The van der Waals surface area contributed by atoms with Gasteiger partial charge in [0.1, 0.15) is 0 Å². The number of hydrogen-bond donors (Lipinski definition) is 1. The van der Waals surface area contributed by atoms with Gasteiger partial charge >= 0.3 is 0 Å². The van der Waals surface area contributed by atoms with Crippen molar-refractivity contribution in [3.63, 3.8) is 0 Å². The molecule has 1 fully saturated rings. The Bertz CT molecular complexity index is 117. The predicted octanol–water partition coefficient (Wildman–Crippen LogP) is 2.24. The Morgan fingerprint density at radius 2 is 1.92 bits per heavy atom. The van der Waals surface area contributed by atoms with Gasteiger partial charge in [0.05, 0.1) is 5.38 Å². The molecule has 1 rings (SSSR count). The summed E-state index contributed by atoms with van der Waals surface area (Å²) in [7, 11) is 0. The number of rotatable bonds is 1. The van der Waals surface area contributed by atoms with E-state index in [2.05, 4.69) is 31.2 Å². The molecule has 0 amide bonds. The second kappa shape index (κ2) is 5.79. The zero-order chi connectivity index (χ0) is 9.72. The average Bonchev–Trinajstić information content (AvgIpc) is 2.37. The van der Waals surface area contributed by atoms with E-state index in [0.29, 0.717) is 12.1 Å². The van der Waals surface area contributed by atoms with Crippen molar-refractivity contribution < 1.29 is 0 Å². The molecule has 1 N–H and O–H groups in total. The van der Waals surface area contributed by atoms with Gasteiger partial charge in [0.15, 0.2) is 0 Å². The zero-order valence-electron chi connectivity index (χ0n) is 8.76. The highest BCUT2D eigenvalue weighted by Gasteiger charge is 2.29. The van der Waals surface area contributed by atoms with Gasteiger partial charge in [-0.2, -0.15) is 0 Å². The third kappa shape index (κ3) is 2.92. The van der Waals surface area contributed by atoms with Crippen LogP contribution in [-0.2, 0) is 0 Å². The molecule has 3 heteroatoms. The Kier molecular flexibility index (Phi) is 5.89. The summed E-state index contributed by atoms with van der Waals surface area (Å²) in [6.45, 7) is 11.4. The second-order valence-electron chi connectivity index (χ2n) is 3.12. The minimum atomic E-state index is 0.266. The van der Waals surface area contributed by atoms with E-state index in [1.807, 2.05) is 13.8 Å². The van der Waals surface area contributed by atoms with Crippen molar-refractivity contribution in [2.24, 2.45) is 0 Å². The van der Waals surface area contributed by atoms with E-state index in [-0.39, 0.29) is 5.38 Å². The van der Waals surface area contributed by atoms with E-state index in [1.165, 1.54) is 0 Å². The van der Waals surface area contributed by atoms with Gasteiger partial charge < -0.3 is 0 Å². The maximum Gasteiger partial charge on any atom is 0.0641 e. The number of hydrazine groups is 1. The van der Waals surface area contributed by atoms with Gasteiger partial charge in [-0.15, -0.1) is 11.6 Å². The minimum absolute atomic E-state index is 0.266. The molecule has 1 heterocycles. The van der Waals surface area contributed by atoms with Crippen molar-refractivity contribution in [2.75, 3.05) is 6.54 Å². The lowest BCUT2D eigenvalue weighted by Gasteiger charge is -2.25. The van der Waals surface area contributed by atoms with Crippen LogP contribution in [0.25, 0.3) is 0 Å². The van der Waals surface area contributed by atoms with Crippen LogP contribution in [0, 0.1) is 0 Å². The normalized spacial score (nSPS) is 30.2. The van der Waals surface area contributed by atoms with Gasteiger partial charge in [-0.05, 0) is 20.8 Å². The number of halogens is 1. The van der Waals surface area contributed by atoms with Crippen LogP contribution in [-0.4, -0.2) is 29.0 Å².